The minimum Gasteiger partial charge on any atom is -0.323 e. The molecule has 0 radical (unpaired) electrons. The first-order valence-electron chi connectivity index (χ1n) is 5.32. The highest BCUT2D eigenvalue weighted by atomic mass is 127. The van der Waals surface area contributed by atoms with Gasteiger partial charge in [0.1, 0.15) is 0 Å². The van der Waals surface area contributed by atoms with Crippen LogP contribution < -0.4 is 5.73 Å². The molecule has 1 heterocycles. The lowest BCUT2D eigenvalue weighted by atomic mass is 10.1. The monoisotopic (exact) mass is 421 g/mol. The maximum Gasteiger partial charge on any atom is 0.0731 e. The fourth-order valence-electron chi connectivity index (χ4n) is 1.64. The van der Waals surface area contributed by atoms with E-state index in [9.17, 15) is 0 Å². The number of halogens is 2. The predicted octanol–water partition coefficient (Wildman–Crippen LogP) is 4.67. The van der Waals surface area contributed by atoms with Gasteiger partial charge >= 0.3 is 0 Å². The Kier molecular flexibility index (Phi) is 4.63. The molecule has 0 bridgehead atoms. The quantitative estimate of drug-likeness (QED) is 0.716. The summed E-state index contributed by atoms with van der Waals surface area (Å²) in [7, 11) is 0. The zero-order valence-electron chi connectivity index (χ0n) is 9.41. The molecule has 2 N–H and O–H groups in total. The van der Waals surface area contributed by atoms with Crippen molar-refractivity contribution in [2.24, 2.45) is 5.73 Å². The van der Waals surface area contributed by atoms with E-state index in [2.05, 4.69) is 75.8 Å². The first kappa shape index (κ1) is 13.5. The summed E-state index contributed by atoms with van der Waals surface area (Å²) in [4.78, 5) is 1.24. The number of aryl methyl sites for hydroxylation is 1. The summed E-state index contributed by atoms with van der Waals surface area (Å²) in [6.07, 6.45) is 0.892. The van der Waals surface area contributed by atoms with Crippen LogP contribution in [0.1, 0.15) is 22.0 Å². The van der Waals surface area contributed by atoms with Crippen molar-refractivity contribution in [1.29, 1.82) is 0 Å². The third-order valence-electron chi connectivity index (χ3n) is 2.61. The number of benzene rings is 1. The minimum atomic E-state index is 0.0880. The van der Waals surface area contributed by atoms with Crippen molar-refractivity contribution in [1.82, 2.24) is 0 Å². The summed E-state index contributed by atoms with van der Waals surface area (Å²) < 4.78 is 2.44. The van der Waals surface area contributed by atoms with E-state index in [4.69, 9.17) is 5.73 Å². The second-order valence-electron chi connectivity index (χ2n) is 4.04. The number of hydrogen-bond acceptors (Lipinski definition) is 2. The molecule has 2 aromatic rings. The van der Waals surface area contributed by atoms with Crippen molar-refractivity contribution in [3.63, 3.8) is 0 Å². The Morgan fingerprint density at radius 2 is 2.00 bits per heavy atom. The second-order valence-corrected chi connectivity index (χ2v) is 7.69. The molecular weight excluding hydrogens is 409 g/mol. The molecule has 17 heavy (non-hydrogen) atoms. The molecule has 0 aliphatic heterocycles. The van der Waals surface area contributed by atoms with Gasteiger partial charge in [-0.3, -0.25) is 0 Å². The zero-order valence-corrected chi connectivity index (χ0v) is 14.0. The Hall–Kier alpha value is 0.0900. The molecule has 1 aromatic heterocycles. The van der Waals surface area contributed by atoms with Gasteiger partial charge < -0.3 is 5.73 Å². The number of rotatable bonds is 3. The smallest absolute Gasteiger partial charge is 0.0731 e. The van der Waals surface area contributed by atoms with Gasteiger partial charge in [-0.1, -0.05) is 12.1 Å². The van der Waals surface area contributed by atoms with Gasteiger partial charge in [0.25, 0.3) is 0 Å². The molecule has 0 spiro atoms. The Labute approximate surface area is 128 Å². The molecular formula is C13H13BrINS. The van der Waals surface area contributed by atoms with Gasteiger partial charge in [-0.05, 0) is 81.2 Å². The Balaban J connectivity index is 2.11. The van der Waals surface area contributed by atoms with Crippen LogP contribution >= 0.6 is 49.9 Å². The van der Waals surface area contributed by atoms with Gasteiger partial charge in [0.2, 0.25) is 0 Å². The van der Waals surface area contributed by atoms with Gasteiger partial charge in [0, 0.05) is 14.5 Å². The van der Waals surface area contributed by atoms with E-state index in [1.807, 2.05) is 0 Å². The van der Waals surface area contributed by atoms with Crippen molar-refractivity contribution >= 4 is 49.9 Å². The highest BCUT2D eigenvalue weighted by molar-refractivity contribution is 14.1. The van der Waals surface area contributed by atoms with E-state index in [-0.39, 0.29) is 6.04 Å². The molecule has 1 atom stereocenters. The van der Waals surface area contributed by atoms with E-state index in [1.54, 1.807) is 11.3 Å². The highest BCUT2D eigenvalue weighted by Crippen LogP contribution is 2.31. The fourth-order valence-corrected chi connectivity index (χ4v) is 3.57. The molecule has 0 saturated carbocycles. The van der Waals surface area contributed by atoms with Crippen molar-refractivity contribution < 1.29 is 0 Å². The molecule has 90 valence electrons. The number of thiophene rings is 1. The first-order chi connectivity index (χ1) is 8.06. The maximum absolute atomic E-state index is 6.24. The van der Waals surface area contributed by atoms with Crippen LogP contribution in [0, 0.1) is 10.5 Å². The van der Waals surface area contributed by atoms with E-state index in [1.165, 1.54) is 23.4 Å². The summed E-state index contributed by atoms with van der Waals surface area (Å²) in [6, 6.07) is 10.8. The third-order valence-corrected chi connectivity index (χ3v) is 5.60. The van der Waals surface area contributed by atoms with E-state index in [0.717, 1.165) is 6.42 Å². The van der Waals surface area contributed by atoms with E-state index in [0.29, 0.717) is 0 Å². The molecule has 0 amide bonds. The topological polar surface area (TPSA) is 26.0 Å². The van der Waals surface area contributed by atoms with Gasteiger partial charge in [-0.2, -0.15) is 0 Å². The van der Waals surface area contributed by atoms with Crippen LogP contribution in [0.25, 0.3) is 0 Å². The largest absolute Gasteiger partial charge is 0.323 e. The standard InChI is InChI=1S/C13H13BrINS/c1-8-6-12(17-13(8)14)11(16)7-9-2-4-10(15)5-3-9/h2-6,11H,7,16H2,1H3. The van der Waals surface area contributed by atoms with E-state index < -0.39 is 0 Å². The second kappa shape index (κ2) is 5.82. The SMILES string of the molecule is Cc1cc(C(N)Cc2ccc(I)cc2)sc1Br. The average Bonchev–Trinajstić information content (AvgIpc) is 2.63. The van der Waals surface area contributed by atoms with Crippen LogP contribution in [-0.2, 0) is 6.42 Å². The zero-order chi connectivity index (χ0) is 12.4. The van der Waals surface area contributed by atoms with Crippen molar-refractivity contribution in [3.05, 3.63) is 53.7 Å². The number of hydrogen-bond donors (Lipinski definition) is 1. The molecule has 4 heteroatoms. The van der Waals surface area contributed by atoms with Crippen molar-refractivity contribution in [2.75, 3.05) is 0 Å². The summed E-state index contributed by atoms with van der Waals surface area (Å²) in [5.41, 5.74) is 8.79. The lowest BCUT2D eigenvalue weighted by Crippen LogP contribution is -2.11. The van der Waals surface area contributed by atoms with Gasteiger partial charge in [-0.25, -0.2) is 0 Å². The number of nitrogens with two attached hydrogens (primary N) is 1. The molecule has 0 aliphatic rings. The Bertz CT molecular complexity index is 487. The van der Waals surface area contributed by atoms with Gasteiger partial charge in [-0.15, -0.1) is 11.3 Å². The van der Waals surface area contributed by atoms with E-state index >= 15 is 0 Å². The van der Waals surface area contributed by atoms with Gasteiger partial charge in [0.05, 0.1) is 3.79 Å². The third kappa shape index (κ3) is 3.53. The van der Waals surface area contributed by atoms with Crippen molar-refractivity contribution in [3.8, 4) is 0 Å². The lowest BCUT2D eigenvalue weighted by Gasteiger charge is -2.09. The van der Waals surface area contributed by atoms with Gasteiger partial charge in [0.15, 0.2) is 0 Å². The average molecular weight is 422 g/mol. The molecule has 2 rings (SSSR count). The summed E-state index contributed by atoms with van der Waals surface area (Å²) in [5, 5.41) is 0. The molecule has 1 unspecified atom stereocenters. The van der Waals surface area contributed by atoms with Crippen LogP contribution in [0.3, 0.4) is 0 Å². The van der Waals surface area contributed by atoms with Crippen LogP contribution in [0.5, 0.6) is 0 Å². The Morgan fingerprint density at radius 1 is 1.35 bits per heavy atom. The lowest BCUT2D eigenvalue weighted by molar-refractivity contribution is 0.736. The molecule has 1 nitrogen and oxygen atoms in total. The first-order valence-corrected chi connectivity index (χ1v) is 8.01. The molecule has 1 aromatic carbocycles. The summed E-state index contributed by atoms with van der Waals surface area (Å²) in [5.74, 6) is 0. The molecule has 0 fully saturated rings. The summed E-state index contributed by atoms with van der Waals surface area (Å²) >= 11 is 7.59. The predicted molar refractivity (Wildman–Crippen MR) is 86.5 cm³/mol. The van der Waals surface area contributed by atoms with Crippen LogP contribution in [-0.4, -0.2) is 0 Å². The minimum absolute atomic E-state index is 0.0880. The van der Waals surface area contributed by atoms with Crippen LogP contribution in [0.2, 0.25) is 0 Å². The van der Waals surface area contributed by atoms with Crippen molar-refractivity contribution in [2.45, 2.75) is 19.4 Å². The Morgan fingerprint density at radius 3 is 2.53 bits per heavy atom. The summed E-state index contributed by atoms with van der Waals surface area (Å²) in [6.45, 7) is 2.10. The normalized spacial score (nSPS) is 12.7. The maximum atomic E-state index is 6.24. The van der Waals surface area contributed by atoms with Crippen LogP contribution in [0.4, 0.5) is 0 Å². The molecule has 0 aliphatic carbocycles. The fraction of sp³-hybridized carbons (Fsp3) is 0.231. The molecule has 0 saturated heterocycles. The highest BCUT2D eigenvalue weighted by Gasteiger charge is 2.11. The van der Waals surface area contributed by atoms with Crippen LogP contribution in [0.15, 0.2) is 34.1 Å².